The molecule has 0 saturated heterocycles. The van der Waals surface area contributed by atoms with Crippen molar-refractivity contribution in [3.8, 4) is 28.5 Å². The predicted molar refractivity (Wildman–Crippen MR) is 138 cm³/mol. The van der Waals surface area contributed by atoms with Gasteiger partial charge in [0, 0.05) is 27.9 Å². The number of oxazole rings is 1. The molecule has 0 bridgehead atoms. The van der Waals surface area contributed by atoms with Gasteiger partial charge in [-0.15, -0.1) is 0 Å². The maximum Gasteiger partial charge on any atom is 0.248 e. The summed E-state index contributed by atoms with van der Waals surface area (Å²) >= 11 is 6.21. The van der Waals surface area contributed by atoms with Crippen molar-refractivity contribution in [1.29, 1.82) is 0 Å². The second kappa shape index (κ2) is 9.52. The molecular formula is C28H21ClN2O4. The number of fused-ring (bicyclic) bond motifs is 1. The lowest BCUT2D eigenvalue weighted by atomic mass is 10.1. The lowest BCUT2D eigenvalue weighted by molar-refractivity contribution is -0.111. The van der Waals surface area contributed by atoms with Gasteiger partial charge in [-0.05, 0) is 79.2 Å². The molecule has 3 aromatic carbocycles. The van der Waals surface area contributed by atoms with E-state index >= 15 is 0 Å². The van der Waals surface area contributed by atoms with E-state index in [1.807, 2.05) is 55.5 Å². The van der Waals surface area contributed by atoms with Gasteiger partial charge in [0.15, 0.2) is 5.58 Å². The Hall–Kier alpha value is -4.29. The zero-order valence-electron chi connectivity index (χ0n) is 19.0. The first-order valence-corrected chi connectivity index (χ1v) is 11.3. The third-order valence-electron chi connectivity index (χ3n) is 5.47. The van der Waals surface area contributed by atoms with E-state index in [2.05, 4.69) is 10.3 Å². The smallest absolute Gasteiger partial charge is 0.248 e. The van der Waals surface area contributed by atoms with Gasteiger partial charge in [0.2, 0.25) is 11.8 Å². The molecule has 7 heteroatoms. The Labute approximate surface area is 206 Å². The molecule has 0 radical (unpaired) electrons. The van der Waals surface area contributed by atoms with Crippen LogP contribution in [0.3, 0.4) is 0 Å². The van der Waals surface area contributed by atoms with Gasteiger partial charge in [-0.2, -0.15) is 0 Å². The normalized spacial score (nSPS) is 11.3. The van der Waals surface area contributed by atoms with Gasteiger partial charge in [0.25, 0.3) is 0 Å². The van der Waals surface area contributed by atoms with Crippen LogP contribution in [-0.2, 0) is 4.79 Å². The van der Waals surface area contributed by atoms with Crippen LogP contribution in [0.2, 0.25) is 5.02 Å². The van der Waals surface area contributed by atoms with E-state index in [1.54, 1.807) is 37.5 Å². The first kappa shape index (κ1) is 22.5. The average Bonchev–Trinajstić information content (AvgIpc) is 3.51. The van der Waals surface area contributed by atoms with Gasteiger partial charge < -0.3 is 18.9 Å². The molecular weight excluding hydrogens is 464 g/mol. The van der Waals surface area contributed by atoms with Crippen LogP contribution in [-0.4, -0.2) is 18.0 Å². The first-order valence-electron chi connectivity index (χ1n) is 10.9. The number of aryl methyl sites for hydroxylation is 1. The highest BCUT2D eigenvalue weighted by atomic mass is 35.5. The Morgan fingerprint density at radius 3 is 2.54 bits per heavy atom. The van der Waals surface area contributed by atoms with Crippen LogP contribution in [0.15, 0.2) is 87.7 Å². The highest BCUT2D eigenvalue weighted by Gasteiger charge is 2.10. The van der Waals surface area contributed by atoms with Crippen molar-refractivity contribution in [2.24, 2.45) is 0 Å². The summed E-state index contributed by atoms with van der Waals surface area (Å²) in [6.45, 7) is 1.95. The molecule has 0 atom stereocenters. The summed E-state index contributed by atoms with van der Waals surface area (Å²) in [6, 6.07) is 22.2. The van der Waals surface area contributed by atoms with E-state index in [0.717, 1.165) is 22.4 Å². The predicted octanol–water partition coefficient (Wildman–Crippen LogP) is 7.38. The molecule has 0 aliphatic carbocycles. The quantitative estimate of drug-likeness (QED) is 0.254. The number of methoxy groups -OCH3 is 1. The molecule has 1 N–H and O–H groups in total. The van der Waals surface area contributed by atoms with Crippen molar-refractivity contribution in [3.05, 3.63) is 95.2 Å². The molecule has 0 unspecified atom stereocenters. The topological polar surface area (TPSA) is 77.5 Å². The summed E-state index contributed by atoms with van der Waals surface area (Å²) in [6.07, 6.45) is 3.03. The van der Waals surface area contributed by atoms with Crippen molar-refractivity contribution >= 4 is 40.4 Å². The lowest BCUT2D eigenvalue weighted by Gasteiger charge is -2.01. The number of benzene rings is 3. The number of carbonyl (C=O) groups excluding carboxylic acids is 1. The average molecular weight is 485 g/mol. The standard InChI is InChI=1S/C28H21ClN2O4/c1-17-3-4-19(15-23(17)29)25-13-10-22(34-25)11-14-27(32)30-20-7-12-26-24(16-20)31-28(35-26)18-5-8-21(33-2)9-6-18/h3-16H,1-2H3,(H,30,32)/b14-11+. The third kappa shape index (κ3) is 4.98. The summed E-state index contributed by atoms with van der Waals surface area (Å²) in [4.78, 5) is 17.0. The fourth-order valence-corrected chi connectivity index (χ4v) is 3.73. The van der Waals surface area contributed by atoms with Gasteiger partial charge >= 0.3 is 0 Å². The fourth-order valence-electron chi connectivity index (χ4n) is 3.55. The van der Waals surface area contributed by atoms with E-state index in [4.69, 9.17) is 25.2 Å². The summed E-state index contributed by atoms with van der Waals surface area (Å²) in [5, 5.41) is 3.51. The number of anilines is 1. The molecule has 35 heavy (non-hydrogen) atoms. The number of nitrogens with one attached hydrogen (secondary N) is 1. The van der Waals surface area contributed by atoms with E-state index in [9.17, 15) is 4.79 Å². The van der Waals surface area contributed by atoms with Crippen LogP contribution >= 0.6 is 11.6 Å². The number of halogens is 1. The number of aromatic nitrogens is 1. The molecule has 0 aliphatic rings. The van der Waals surface area contributed by atoms with Crippen LogP contribution in [0, 0.1) is 6.92 Å². The van der Waals surface area contributed by atoms with Crippen molar-refractivity contribution < 1.29 is 18.4 Å². The van der Waals surface area contributed by atoms with E-state index < -0.39 is 0 Å². The molecule has 5 rings (SSSR count). The maximum atomic E-state index is 12.5. The number of hydrogen-bond acceptors (Lipinski definition) is 5. The monoisotopic (exact) mass is 484 g/mol. The number of amides is 1. The Morgan fingerprint density at radius 1 is 0.971 bits per heavy atom. The van der Waals surface area contributed by atoms with E-state index in [1.165, 1.54) is 6.08 Å². The second-order valence-electron chi connectivity index (χ2n) is 7.92. The summed E-state index contributed by atoms with van der Waals surface area (Å²) in [7, 11) is 1.62. The van der Waals surface area contributed by atoms with Crippen LogP contribution < -0.4 is 10.1 Å². The zero-order chi connectivity index (χ0) is 24.4. The summed E-state index contributed by atoms with van der Waals surface area (Å²) < 4.78 is 16.9. The maximum absolute atomic E-state index is 12.5. The highest BCUT2D eigenvalue weighted by molar-refractivity contribution is 6.31. The van der Waals surface area contributed by atoms with Crippen molar-refractivity contribution in [2.45, 2.75) is 6.92 Å². The Morgan fingerprint density at radius 2 is 1.77 bits per heavy atom. The molecule has 6 nitrogen and oxygen atoms in total. The SMILES string of the molecule is COc1ccc(-c2nc3cc(NC(=O)/C=C/c4ccc(-c5ccc(C)c(Cl)c5)o4)ccc3o2)cc1. The van der Waals surface area contributed by atoms with Gasteiger partial charge in [0.05, 0.1) is 7.11 Å². The zero-order valence-corrected chi connectivity index (χ0v) is 19.8. The number of hydrogen-bond donors (Lipinski definition) is 1. The van der Waals surface area contributed by atoms with Gasteiger partial charge in [-0.1, -0.05) is 23.7 Å². The number of ether oxygens (including phenoxy) is 1. The van der Waals surface area contributed by atoms with Crippen LogP contribution in [0.25, 0.3) is 40.0 Å². The minimum Gasteiger partial charge on any atom is -0.497 e. The Kier molecular flexibility index (Phi) is 6.12. The van der Waals surface area contributed by atoms with Gasteiger partial charge in [-0.25, -0.2) is 4.98 Å². The van der Waals surface area contributed by atoms with E-state index in [-0.39, 0.29) is 5.91 Å². The molecule has 1 amide bonds. The Balaban J connectivity index is 1.27. The van der Waals surface area contributed by atoms with Crippen molar-refractivity contribution in [2.75, 3.05) is 12.4 Å². The van der Waals surface area contributed by atoms with Crippen LogP contribution in [0.5, 0.6) is 5.75 Å². The lowest BCUT2D eigenvalue weighted by Crippen LogP contribution is -2.07. The van der Waals surface area contributed by atoms with Crippen molar-refractivity contribution in [3.63, 3.8) is 0 Å². The molecule has 174 valence electrons. The third-order valence-corrected chi connectivity index (χ3v) is 5.88. The molecule has 5 aromatic rings. The molecule has 0 aliphatic heterocycles. The molecule has 0 fully saturated rings. The molecule has 2 aromatic heterocycles. The fraction of sp³-hybridized carbons (Fsp3) is 0.0714. The largest absolute Gasteiger partial charge is 0.497 e. The van der Waals surface area contributed by atoms with Crippen LogP contribution in [0.4, 0.5) is 5.69 Å². The summed E-state index contributed by atoms with van der Waals surface area (Å²) in [5.74, 6) is 2.20. The molecule has 2 heterocycles. The minimum atomic E-state index is -0.292. The first-order chi connectivity index (χ1) is 17.0. The summed E-state index contributed by atoms with van der Waals surface area (Å²) in [5.41, 5.74) is 4.59. The highest BCUT2D eigenvalue weighted by Crippen LogP contribution is 2.29. The number of nitrogens with zero attached hydrogens (tertiary/aromatic N) is 1. The number of rotatable bonds is 6. The van der Waals surface area contributed by atoms with Gasteiger partial charge in [-0.3, -0.25) is 4.79 Å². The number of carbonyl (C=O) groups is 1. The Bertz CT molecular complexity index is 1550. The number of furan rings is 1. The van der Waals surface area contributed by atoms with E-state index in [0.29, 0.717) is 39.2 Å². The molecule has 0 saturated carbocycles. The minimum absolute atomic E-state index is 0.292. The van der Waals surface area contributed by atoms with Crippen molar-refractivity contribution in [1.82, 2.24) is 4.98 Å². The van der Waals surface area contributed by atoms with Gasteiger partial charge in [0.1, 0.15) is 22.8 Å². The second-order valence-corrected chi connectivity index (χ2v) is 8.33. The van der Waals surface area contributed by atoms with Crippen LogP contribution in [0.1, 0.15) is 11.3 Å². The molecule has 0 spiro atoms.